The van der Waals surface area contributed by atoms with E-state index in [0.717, 1.165) is 69.5 Å². The predicted molar refractivity (Wildman–Crippen MR) is 120 cm³/mol. The first-order chi connectivity index (χ1) is 15.2. The molecular formula is C23H31N5O3. The van der Waals surface area contributed by atoms with Gasteiger partial charge in [-0.25, -0.2) is 0 Å². The number of carbonyl (C=O) groups is 1. The quantitative estimate of drug-likeness (QED) is 0.631. The van der Waals surface area contributed by atoms with Crippen LogP contribution in [-0.4, -0.2) is 80.1 Å². The molecule has 0 aliphatic carbocycles. The van der Waals surface area contributed by atoms with Gasteiger partial charge in [0.2, 0.25) is 0 Å². The molecule has 2 aliphatic heterocycles. The van der Waals surface area contributed by atoms with Crippen molar-refractivity contribution in [3.63, 3.8) is 0 Å². The Morgan fingerprint density at radius 3 is 2.48 bits per heavy atom. The first-order valence-corrected chi connectivity index (χ1v) is 11.2. The first kappa shape index (κ1) is 21.4. The third-order valence-corrected chi connectivity index (χ3v) is 5.76. The highest BCUT2D eigenvalue weighted by Crippen LogP contribution is 2.22. The maximum atomic E-state index is 12.9. The third kappa shape index (κ3) is 5.44. The number of amides is 1. The standard InChI is InChI=1S/C23H31N5O3/c1-2-3-14-31-21-6-4-19(5-7-21)23(29)28-10-8-26(9-11-28)20-17-22(25-24-18-20)27-12-15-30-16-13-27/h4-7,17-18H,2-3,8-16H2,1H3. The Hall–Kier alpha value is -2.87. The summed E-state index contributed by atoms with van der Waals surface area (Å²) in [6.45, 7) is 8.88. The van der Waals surface area contributed by atoms with Gasteiger partial charge in [-0.05, 0) is 30.7 Å². The van der Waals surface area contributed by atoms with E-state index in [1.54, 1.807) is 6.20 Å². The summed E-state index contributed by atoms with van der Waals surface area (Å²) in [7, 11) is 0. The van der Waals surface area contributed by atoms with Crippen LogP contribution < -0.4 is 14.5 Å². The summed E-state index contributed by atoms with van der Waals surface area (Å²) in [4.78, 5) is 19.3. The van der Waals surface area contributed by atoms with Gasteiger partial charge < -0.3 is 24.2 Å². The van der Waals surface area contributed by atoms with Crippen LogP contribution in [0.1, 0.15) is 30.1 Å². The van der Waals surface area contributed by atoms with Crippen LogP contribution in [0.4, 0.5) is 11.5 Å². The minimum Gasteiger partial charge on any atom is -0.494 e. The Bertz CT molecular complexity index is 847. The molecule has 4 rings (SSSR count). The molecule has 8 nitrogen and oxygen atoms in total. The van der Waals surface area contributed by atoms with Crippen molar-refractivity contribution in [1.29, 1.82) is 0 Å². The summed E-state index contributed by atoms with van der Waals surface area (Å²) in [5.41, 5.74) is 1.76. The lowest BCUT2D eigenvalue weighted by atomic mass is 10.1. The van der Waals surface area contributed by atoms with E-state index in [0.29, 0.717) is 25.3 Å². The van der Waals surface area contributed by atoms with Gasteiger partial charge in [-0.2, -0.15) is 5.10 Å². The van der Waals surface area contributed by atoms with Crippen LogP contribution >= 0.6 is 0 Å². The molecule has 166 valence electrons. The lowest BCUT2D eigenvalue weighted by Crippen LogP contribution is -2.49. The number of piperazine rings is 1. The van der Waals surface area contributed by atoms with Crippen molar-refractivity contribution in [2.24, 2.45) is 0 Å². The van der Waals surface area contributed by atoms with Crippen molar-refractivity contribution in [2.45, 2.75) is 19.8 Å². The van der Waals surface area contributed by atoms with Crippen LogP contribution in [0.5, 0.6) is 5.75 Å². The molecule has 2 aliphatic rings. The molecule has 0 bridgehead atoms. The van der Waals surface area contributed by atoms with Crippen LogP contribution in [0.2, 0.25) is 0 Å². The minimum atomic E-state index is 0.0709. The van der Waals surface area contributed by atoms with E-state index in [2.05, 4.69) is 33.0 Å². The first-order valence-electron chi connectivity index (χ1n) is 11.2. The molecule has 0 N–H and O–H groups in total. The number of hydrogen-bond donors (Lipinski definition) is 0. The Labute approximate surface area is 183 Å². The molecule has 2 fully saturated rings. The number of hydrogen-bond acceptors (Lipinski definition) is 7. The zero-order chi connectivity index (χ0) is 21.5. The summed E-state index contributed by atoms with van der Waals surface area (Å²) in [5, 5.41) is 8.50. The van der Waals surface area contributed by atoms with Crippen molar-refractivity contribution in [1.82, 2.24) is 15.1 Å². The van der Waals surface area contributed by atoms with E-state index >= 15 is 0 Å². The predicted octanol–water partition coefficient (Wildman–Crippen LogP) is 2.45. The topological polar surface area (TPSA) is 71.0 Å². The molecule has 1 amide bonds. The number of morpholine rings is 1. The largest absolute Gasteiger partial charge is 0.494 e. The van der Waals surface area contributed by atoms with Gasteiger partial charge in [0.25, 0.3) is 5.91 Å². The van der Waals surface area contributed by atoms with Gasteiger partial charge in [0.15, 0.2) is 5.82 Å². The summed E-state index contributed by atoms with van der Waals surface area (Å²) < 4.78 is 11.1. The van der Waals surface area contributed by atoms with E-state index in [4.69, 9.17) is 9.47 Å². The molecule has 0 unspecified atom stereocenters. The molecule has 8 heteroatoms. The Balaban J connectivity index is 1.31. The van der Waals surface area contributed by atoms with Gasteiger partial charge >= 0.3 is 0 Å². The lowest BCUT2D eigenvalue weighted by Gasteiger charge is -2.36. The number of benzene rings is 1. The highest BCUT2D eigenvalue weighted by molar-refractivity contribution is 5.94. The molecule has 3 heterocycles. The fraction of sp³-hybridized carbons (Fsp3) is 0.522. The summed E-state index contributed by atoms with van der Waals surface area (Å²) >= 11 is 0. The van der Waals surface area contributed by atoms with Crippen LogP contribution in [-0.2, 0) is 4.74 Å². The number of anilines is 2. The Morgan fingerprint density at radius 2 is 1.77 bits per heavy atom. The van der Waals surface area contributed by atoms with Gasteiger partial charge in [0.1, 0.15) is 5.75 Å². The van der Waals surface area contributed by atoms with Gasteiger partial charge in [0, 0.05) is 50.9 Å². The van der Waals surface area contributed by atoms with Crippen LogP contribution in [0.25, 0.3) is 0 Å². The Morgan fingerprint density at radius 1 is 1.03 bits per heavy atom. The van der Waals surface area contributed by atoms with Crippen LogP contribution in [0.15, 0.2) is 36.5 Å². The van der Waals surface area contributed by atoms with E-state index < -0.39 is 0 Å². The second-order valence-electron chi connectivity index (χ2n) is 7.88. The van der Waals surface area contributed by atoms with Crippen molar-refractivity contribution in [2.75, 3.05) is 68.9 Å². The summed E-state index contributed by atoms with van der Waals surface area (Å²) in [6, 6.07) is 9.58. The van der Waals surface area contributed by atoms with Gasteiger partial charge in [-0.3, -0.25) is 4.79 Å². The molecule has 0 saturated carbocycles. The van der Waals surface area contributed by atoms with Gasteiger partial charge in [0.05, 0.1) is 31.7 Å². The molecule has 1 aromatic carbocycles. The van der Waals surface area contributed by atoms with Crippen molar-refractivity contribution >= 4 is 17.4 Å². The second kappa shape index (κ2) is 10.4. The highest BCUT2D eigenvalue weighted by Gasteiger charge is 2.23. The smallest absolute Gasteiger partial charge is 0.253 e. The average molecular weight is 426 g/mol. The monoisotopic (exact) mass is 425 g/mol. The zero-order valence-corrected chi connectivity index (χ0v) is 18.2. The Kier molecular flexibility index (Phi) is 7.19. The normalized spacial score (nSPS) is 17.0. The van der Waals surface area contributed by atoms with Crippen LogP contribution in [0, 0.1) is 0 Å². The average Bonchev–Trinajstić information content (AvgIpc) is 2.85. The molecule has 0 spiro atoms. The fourth-order valence-electron chi connectivity index (χ4n) is 3.84. The number of unbranched alkanes of at least 4 members (excludes halogenated alkanes) is 1. The number of nitrogens with zero attached hydrogens (tertiary/aromatic N) is 5. The highest BCUT2D eigenvalue weighted by atomic mass is 16.5. The number of carbonyl (C=O) groups excluding carboxylic acids is 1. The molecule has 1 aromatic heterocycles. The molecule has 0 radical (unpaired) electrons. The molecule has 31 heavy (non-hydrogen) atoms. The summed E-state index contributed by atoms with van der Waals surface area (Å²) in [6.07, 6.45) is 3.94. The zero-order valence-electron chi connectivity index (χ0n) is 18.2. The van der Waals surface area contributed by atoms with E-state index in [9.17, 15) is 4.79 Å². The maximum absolute atomic E-state index is 12.9. The lowest BCUT2D eigenvalue weighted by molar-refractivity contribution is 0.0746. The van der Waals surface area contributed by atoms with Crippen molar-refractivity contribution < 1.29 is 14.3 Å². The van der Waals surface area contributed by atoms with E-state index in [-0.39, 0.29) is 5.91 Å². The van der Waals surface area contributed by atoms with Crippen molar-refractivity contribution in [3.05, 3.63) is 42.1 Å². The van der Waals surface area contributed by atoms with Crippen LogP contribution in [0.3, 0.4) is 0 Å². The molecule has 0 atom stereocenters. The maximum Gasteiger partial charge on any atom is 0.253 e. The van der Waals surface area contributed by atoms with Gasteiger partial charge in [-0.15, -0.1) is 5.10 Å². The summed E-state index contributed by atoms with van der Waals surface area (Å²) in [5.74, 6) is 1.78. The second-order valence-corrected chi connectivity index (χ2v) is 7.88. The fourth-order valence-corrected chi connectivity index (χ4v) is 3.84. The van der Waals surface area contributed by atoms with Crippen molar-refractivity contribution in [3.8, 4) is 5.75 Å². The molecule has 2 saturated heterocycles. The minimum absolute atomic E-state index is 0.0709. The van der Waals surface area contributed by atoms with Gasteiger partial charge in [-0.1, -0.05) is 13.3 Å². The van der Waals surface area contributed by atoms with E-state index in [1.165, 1.54) is 0 Å². The van der Waals surface area contributed by atoms with E-state index in [1.807, 2.05) is 29.2 Å². The SMILES string of the molecule is CCCCOc1ccc(C(=O)N2CCN(c3cnnc(N4CCOCC4)c3)CC2)cc1. The number of aromatic nitrogens is 2. The molecule has 2 aromatic rings. The number of rotatable bonds is 7. The molecular weight excluding hydrogens is 394 g/mol. The third-order valence-electron chi connectivity index (χ3n) is 5.76. The number of ether oxygens (including phenoxy) is 2.